The molecular weight excluding hydrogens is 388 g/mol. The average molecular weight is 415 g/mol. The highest BCUT2D eigenvalue weighted by molar-refractivity contribution is 7.89. The third kappa shape index (κ3) is 4.16. The number of methoxy groups -OCH3 is 1. The van der Waals surface area contributed by atoms with Crippen molar-refractivity contribution in [1.29, 1.82) is 0 Å². The van der Waals surface area contributed by atoms with Crippen LogP contribution in [0.3, 0.4) is 0 Å². The molecule has 1 atom stereocenters. The first kappa shape index (κ1) is 19.9. The van der Waals surface area contributed by atoms with Crippen LogP contribution in [0.2, 0.25) is 0 Å². The zero-order valence-corrected chi connectivity index (χ0v) is 17.5. The predicted molar refractivity (Wildman–Crippen MR) is 111 cm³/mol. The molecule has 2 aromatic carbocycles. The maximum Gasteiger partial charge on any atom is 0.254 e. The summed E-state index contributed by atoms with van der Waals surface area (Å²) < 4.78 is 33.1. The number of likely N-dealkylation sites (tertiary alicyclic amines) is 1. The monoisotopic (exact) mass is 414 g/mol. The van der Waals surface area contributed by atoms with Crippen LogP contribution in [-0.2, 0) is 10.0 Å². The molecule has 1 unspecified atom stereocenters. The van der Waals surface area contributed by atoms with Crippen molar-refractivity contribution in [2.45, 2.75) is 49.6 Å². The van der Waals surface area contributed by atoms with Gasteiger partial charge in [0.1, 0.15) is 5.75 Å². The summed E-state index contributed by atoms with van der Waals surface area (Å²) in [6.45, 7) is 2.50. The number of nitrogens with one attached hydrogen (secondary N) is 1. The molecule has 6 nitrogen and oxygen atoms in total. The molecule has 1 amide bonds. The van der Waals surface area contributed by atoms with Gasteiger partial charge in [0, 0.05) is 18.2 Å². The average Bonchev–Trinajstić information content (AvgIpc) is 3.38. The SMILES string of the molecule is COc1ccc(C2CCCN2C(=O)c2cc(S(=O)(=O)NC3CC3)ccc2C)cc1. The summed E-state index contributed by atoms with van der Waals surface area (Å²) in [4.78, 5) is 15.4. The van der Waals surface area contributed by atoms with Gasteiger partial charge in [-0.15, -0.1) is 0 Å². The quantitative estimate of drug-likeness (QED) is 0.786. The summed E-state index contributed by atoms with van der Waals surface area (Å²) in [5.41, 5.74) is 2.29. The molecule has 1 N–H and O–H groups in total. The van der Waals surface area contributed by atoms with E-state index in [-0.39, 0.29) is 22.9 Å². The highest BCUT2D eigenvalue weighted by Crippen LogP contribution is 2.34. The number of amides is 1. The van der Waals surface area contributed by atoms with Crippen LogP contribution in [-0.4, -0.2) is 38.9 Å². The maximum atomic E-state index is 13.4. The number of rotatable bonds is 6. The smallest absolute Gasteiger partial charge is 0.254 e. The minimum absolute atomic E-state index is 0.0161. The minimum atomic E-state index is -3.60. The topological polar surface area (TPSA) is 75.7 Å². The summed E-state index contributed by atoms with van der Waals surface area (Å²) in [5.74, 6) is 0.658. The van der Waals surface area contributed by atoms with E-state index in [9.17, 15) is 13.2 Å². The second kappa shape index (κ2) is 7.80. The Morgan fingerprint density at radius 2 is 1.83 bits per heavy atom. The van der Waals surface area contributed by atoms with Crippen molar-refractivity contribution in [3.63, 3.8) is 0 Å². The van der Waals surface area contributed by atoms with Gasteiger partial charge < -0.3 is 9.64 Å². The lowest BCUT2D eigenvalue weighted by atomic mass is 10.0. The van der Waals surface area contributed by atoms with Crippen LogP contribution in [0, 0.1) is 6.92 Å². The van der Waals surface area contributed by atoms with Crippen LogP contribution in [0.5, 0.6) is 5.75 Å². The lowest BCUT2D eigenvalue weighted by molar-refractivity contribution is 0.0734. The van der Waals surface area contributed by atoms with Gasteiger partial charge in [-0.3, -0.25) is 4.79 Å². The van der Waals surface area contributed by atoms with Gasteiger partial charge in [-0.1, -0.05) is 18.2 Å². The Morgan fingerprint density at radius 1 is 1.10 bits per heavy atom. The third-order valence-corrected chi connectivity index (χ3v) is 7.18. The van der Waals surface area contributed by atoms with E-state index in [1.54, 1.807) is 19.2 Å². The number of carbonyl (C=O) groups is 1. The summed E-state index contributed by atoms with van der Waals surface area (Å²) in [5, 5.41) is 0. The number of sulfonamides is 1. The first-order chi connectivity index (χ1) is 13.9. The molecule has 1 aliphatic carbocycles. The van der Waals surface area contributed by atoms with Gasteiger partial charge in [-0.05, 0) is 68.0 Å². The van der Waals surface area contributed by atoms with Crippen LogP contribution in [0.15, 0.2) is 47.4 Å². The fourth-order valence-corrected chi connectivity index (χ4v) is 5.16. The summed E-state index contributed by atoms with van der Waals surface area (Å²) in [7, 11) is -1.97. The first-order valence-electron chi connectivity index (χ1n) is 9.97. The molecule has 1 saturated carbocycles. The molecule has 0 spiro atoms. The molecule has 0 aromatic heterocycles. The fourth-order valence-electron chi connectivity index (χ4n) is 3.82. The highest BCUT2D eigenvalue weighted by Gasteiger charge is 2.33. The van der Waals surface area contributed by atoms with Crippen molar-refractivity contribution < 1.29 is 17.9 Å². The highest BCUT2D eigenvalue weighted by atomic mass is 32.2. The van der Waals surface area contributed by atoms with Gasteiger partial charge in [-0.2, -0.15) is 0 Å². The molecule has 0 radical (unpaired) electrons. The Morgan fingerprint density at radius 3 is 2.48 bits per heavy atom. The fraction of sp³-hybridized carbons (Fsp3) is 0.409. The second-order valence-corrected chi connectivity index (χ2v) is 9.52. The molecule has 29 heavy (non-hydrogen) atoms. The van der Waals surface area contributed by atoms with Crippen LogP contribution in [0.4, 0.5) is 0 Å². The zero-order chi connectivity index (χ0) is 20.6. The molecular formula is C22H26N2O4S. The summed E-state index contributed by atoms with van der Waals surface area (Å²) in [6.07, 6.45) is 3.55. The molecule has 0 bridgehead atoms. The summed E-state index contributed by atoms with van der Waals surface area (Å²) in [6, 6.07) is 12.6. The van der Waals surface area contributed by atoms with Gasteiger partial charge in [-0.25, -0.2) is 13.1 Å². The Bertz CT molecular complexity index is 1010. The van der Waals surface area contributed by atoms with Crippen molar-refractivity contribution in [2.24, 2.45) is 0 Å². The molecule has 1 aliphatic heterocycles. The standard InChI is InChI=1S/C22H26N2O4S/c1-15-5-12-19(29(26,27)23-17-8-9-17)14-20(15)22(25)24-13-3-4-21(24)16-6-10-18(28-2)11-7-16/h5-7,10-12,14,17,21,23H,3-4,8-9,13H2,1-2H3. The molecule has 2 aliphatic rings. The Hall–Kier alpha value is -2.38. The van der Waals surface area contributed by atoms with Crippen LogP contribution >= 0.6 is 0 Å². The van der Waals surface area contributed by atoms with E-state index in [4.69, 9.17) is 4.74 Å². The normalized spacial score (nSPS) is 19.4. The van der Waals surface area contributed by atoms with E-state index in [1.807, 2.05) is 36.1 Å². The third-order valence-electron chi connectivity index (χ3n) is 5.66. The molecule has 4 rings (SSSR count). The lowest BCUT2D eigenvalue weighted by Crippen LogP contribution is -2.31. The number of benzene rings is 2. The number of aryl methyl sites for hydroxylation is 1. The van der Waals surface area contributed by atoms with Crippen LogP contribution < -0.4 is 9.46 Å². The molecule has 154 valence electrons. The Kier molecular flexibility index (Phi) is 5.36. The van der Waals surface area contributed by atoms with E-state index in [0.29, 0.717) is 12.1 Å². The number of hydrogen-bond acceptors (Lipinski definition) is 4. The van der Waals surface area contributed by atoms with Crippen molar-refractivity contribution in [3.8, 4) is 5.75 Å². The molecule has 1 saturated heterocycles. The van der Waals surface area contributed by atoms with E-state index in [2.05, 4.69) is 4.72 Å². The van der Waals surface area contributed by atoms with E-state index in [0.717, 1.165) is 42.6 Å². The first-order valence-corrected chi connectivity index (χ1v) is 11.5. The van der Waals surface area contributed by atoms with Crippen molar-refractivity contribution in [3.05, 3.63) is 59.2 Å². The summed E-state index contributed by atoms with van der Waals surface area (Å²) >= 11 is 0. The Balaban J connectivity index is 1.61. The molecule has 2 aromatic rings. The zero-order valence-electron chi connectivity index (χ0n) is 16.7. The lowest BCUT2D eigenvalue weighted by Gasteiger charge is -2.26. The van der Waals surface area contributed by atoms with Gasteiger partial charge in [0.05, 0.1) is 18.0 Å². The number of carbonyl (C=O) groups excluding carboxylic acids is 1. The Labute approximate surface area is 171 Å². The molecule has 7 heteroatoms. The van der Waals surface area contributed by atoms with Gasteiger partial charge >= 0.3 is 0 Å². The molecule has 1 heterocycles. The van der Waals surface area contributed by atoms with E-state index >= 15 is 0 Å². The van der Waals surface area contributed by atoms with Crippen molar-refractivity contribution in [1.82, 2.24) is 9.62 Å². The van der Waals surface area contributed by atoms with Crippen LogP contribution in [0.25, 0.3) is 0 Å². The van der Waals surface area contributed by atoms with Crippen molar-refractivity contribution in [2.75, 3.05) is 13.7 Å². The van der Waals surface area contributed by atoms with Crippen LogP contribution in [0.1, 0.15) is 53.2 Å². The largest absolute Gasteiger partial charge is 0.497 e. The van der Waals surface area contributed by atoms with Gasteiger partial charge in [0.25, 0.3) is 5.91 Å². The minimum Gasteiger partial charge on any atom is -0.497 e. The van der Waals surface area contributed by atoms with Gasteiger partial charge in [0.2, 0.25) is 10.0 Å². The maximum absolute atomic E-state index is 13.4. The predicted octanol–water partition coefficient (Wildman–Crippen LogP) is 3.42. The van der Waals surface area contributed by atoms with E-state index < -0.39 is 10.0 Å². The number of ether oxygens (including phenoxy) is 1. The number of nitrogens with zero attached hydrogens (tertiary/aromatic N) is 1. The molecule has 2 fully saturated rings. The van der Waals surface area contributed by atoms with E-state index in [1.165, 1.54) is 6.07 Å². The van der Waals surface area contributed by atoms with Crippen molar-refractivity contribution >= 4 is 15.9 Å². The number of hydrogen-bond donors (Lipinski definition) is 1. The second-order valence-electron chi connectivity index (χ2n) is 7.80. The van der Waals surface area contributed by atoms with Gasteiger partial charge in [0.15, 0.2) is 0 Å².